The van der Waals surface area contributed by atoms with Crippen LogP contribution in [0.15, 0.2) is 87.8 Å². The summed E-state index contributed by atoms with van der Waals surface area (Å²) >= 11 is 1.51. The SMILES string of the molecule is Cc1cc(/C=N/NC(=O)c2ccc([N+](=O)[O-])cn2)c(C)n1-c1ccc(Sc2ccc([N+](=O)[O-])cc2)cc1. The Morgan fingerprint density at radius 1 is 0.946 bits per heavy atom. The molecule has 0 unspecified atom stereocenters. The van der Waals surface area contributed by atoms with Crippen LogP contribution in [-0.2, 0) is 0 Å². The number of carbonyl (C=O) groups is 1. The number of hydrogen-bond acceptors (Lipinski definition) is 8. The van der Waals surface area contributed by atoms with Gasteiger partial charge in [-0.1, -0.05) is 11.8 Å². The number of benzene rings is 2. The van der Waals surface area contributed by atoms with Crippen molar-refractivity contribution in [1.29, 1.82) is 0 Å². The fourth-order valence-corrected chi connectivity index (χ4v) is 4.41. The number of hydrogen-bond donors (Lipinski definition) is 1. The van der Waals surface area contributed by atoms with Gasteiger partial charge in [-0.2, -0.15) is 5.10 Å². The molecule has 0 saturated carbocycles. The number of nitrogens with one attached hydrogen (secondary N) is 1. The average Bonchev–Trinajstić information content (AvgIpc) is 3.17. The number of nitro benzene ring substituents is 1. The third kappa shape index (κ3) is 5.87. The van der Waals surface area contributed by atoms with Crippen molar-refractivity contribution in [2.24, 2.45) is 5.10 Å². The van der Waals surface area contributed by atoms with E-state index in [0.29, 0.717) is 0 Å². The third-order valence-electron chi connectivity index (χ3n) is 5.41. The molecule has 4 rings (SSSR count). The van der Waals surface area contributed by atoms with Crippen molar-refractivity contribution < 1.29 is 14.6 Å². The Balaban J connectivity index is 1.43. The largest absolute Gasteiger partial charge is 0.318 e. The molecule has 12 heteroatoms. The van der Waals surface area contributed by atoms with Gasteiger partial charge >= 0.3 is 0 Å². The summed E-state index contributed by atoms with van der Waals surface area (Å²) in [6.07, 6.45) is 2.54. The predicted octanol–water partition coefficient (Wildman–Crippen LogP) is 5.22. The molecule has 0 fully saturated rings. The summed E-state index contributed by atoms with van der Waals surface area (Å²) in [5, 5.41) is 25.5. The maximum Gasteiger partial charge on any atom is 0.289 e. The molecule has 0 aliphatic carbocycles. The van der Waals surface area contributed by atoms with Crippen LogP contribution in [0.4, 0.5) is 11.4 Å². The monoisotopic (exact) mass is 516 g/mol. The average molecular weight is 517 g/mol. The second kappa shape index (κ2) is 10.8. The zero-order chi connectivity index (χ0) is 26.5. The van der Waals surface area contributed by atoms with Gasteiger partial charge in [0, 0.05) is 50.6 Å². The zero-order valence-corrected chi connectivity index (χ0v) is 20.5. The van der Waals surface area contributed by atoms with Gasteiger partial charge in [-0.15, -0.1) is 0 Å². The first-order valence-corrected chi connectivity index (χ1v) is 11.7. The lowest BCUT2D eigenvalue weighted by Gasteiger charge is -2.10. The van der Waals surface area contributed by atoms with Crippen LogP contribution in [0.1, 0.15) is 27.4 Å². The minimum absolute atomic E-state index is 0.0138. The highest BCUT2D eigenvalue weighted by Crippen LogP contribution is 2.30. The molecule has 0 atom stereocenters. The molecule has 2 aromatic carbocycles. The fraction of sp³-hybridized carbons (Fsp3) is 0.0800. The van der Waals surface area contributed by atoms with Gasteiger partial charge < -0.3 is 4.57 Å². The first kappa shape index (κ1) is 25.3. The molecular formula is C25H20N6O5S. The van der Waals surface area contributed by atoms with E-state index >= 15 is 0 Å². The number of carbonyl (C=O) groups excluding carboxylic acids is 1. The summed E-state index contributed by atoms with van der Waals surface area (Å²) in [5.41, 5.74) is 5.88. The van der Waals surface area contributed by atoms with E-state index < -0.39 is 15.8 Å². The highest BCUT2D eigenvalue weighted by Gasteiger charge is 2.12. The molecule has 0 aliphatic rings. The molecule has 11 nitrogen and oxygen atoms in total. The number of nitro groups is 2. The topological polar surface area (TPSA) is 146 Å². The second-order valence-corrected chi connectivity index (χ2v) is 9.01. The van der Waals surface area contributed by atoms with Crippen molar-refractivity contribution >= 4 is 35.3 Å². The molecule has 1 N–H and O–H groups in total. The van der Waals surface area contributed by atoms with E-state index in [1.165, 1.54) is 42.2 Å². The first-order chi connectivity index (χ1) is 17.7. The fourth-order valence-electron chi connectivity index (χ4n) is 3.60. The van der Waals surface area contributed by atoms with Crippen LogP contribution in [0, 0.1) is 34.1 Å². The molecule has 0 saturated heterocycles. The van der Waals surface area contributed by atoms with Gasteiger partial charge in [0.15, 0.2) is 0 Å². The molecule has 2 aromatic heterocycles. The normalized spacial score (nSPS) is 11.0. The Morgan fingerprint density at radius 3 is 2.11 bits per heavy atom. The number of nitrogens with zero attached hydrogens (tertiary/aromatic N) is 5. The summed E-state index contributed by atoms with van der Waals surface area (Å²) in [6.45, 7) is 3.90. The molecule has 0 bridgehead atoms. The molecule has 2 heterocycles. The van der Waals surface area contributed by atoms with E-state index in [1.54, 1.807) is 12.1 Å². The standard InChI is InChI=1S/C25H20N6O5S/c1-16-13-18(14-27-28-25(32)24-12-7-21(15-26-24)31(35)36)17(2)29(16)19-3-8-22(9-4-19)37-23-10-5-20(6-11-23)30(33)34/h3-15H,1-2H3,(H,28,32)/b27-14+. The van der Waals surface area contributed by atoms with Gasteiger partial charge in [0.2, 0.25) is 0 Å². The van der Waals surface area contributed by atoms with Crippen LogP contribution in [0.5, 0.6) is 0 Å². The quantitative estimate of drug-likeness (QED) is 0.192. The van der Waals surface area contributed by atoms with Gasteiger partial charge in [0.25, 0.3) is 17.3 Å². The molecule has 186 valence electrons. The Bertz CT molecular complexity index is 1500. The van der Waals surface area contributed by atoms with E-state index in [9.17, 15) is 25.0 Å². The molecular weight excluding hydrogens is 496 g/mol. The number of hydrazone groups is 1. The van der Waals surface area contributed by atoms with Crippen LogP contribution in [0.3, 0.4) is 0 Å². The van der Waals surface area contributed by atoms with Crippen LogP contribution >= 0.6 is 11.8 Å². The van der Waals surface area contributed by atoms with Gasteiger partial charge in [-0.3, -0.25) is 25.0 Å². The Morgan fingerprint density at radius 2 is 1.54 bits per heavy atom. The maximum atomic E-state index is 12.2. The number of non-ortho nitro benzene ring substituents is 1. The number of pyridine rings is 1. The number of amides is 1. The molecule has 0 radical (unpaired) electrons. The maximum absolute atomic E-state index is 12.2. The van der Waals surface area contributed by atoms with Crippen molar-refractivity contribution in [3.05, 3.63) is 116 Å². The summed E-state index contributed by atoms with van der Waals surface area (Å²) in [5.74, 6) is -0.582. The van der Waals surface area contributed by atoms with E-state index in [-0.39, 0.29) is 17.1 Å². The smallest absolute Gasteiger partial charge is 0.289 e. The molecule has 0 spiro atoms. The summed E-state index contributed by atoms with van der Waals surface area (Å²) in [6, 6.07) is 18.7. The first-order valence-electron chi connectivity index (χ1n) is 10.9. The number of rotatable bonds is 8. The van der Waals surface area contributed by atoms with Gasteiger partial charge in [-0.25, -0.2) is 10.4 Å². The van der Waals surface area contributed by atoms with Gasteiger partial charge in [0.1, 0.15) is 11.9 Å². The molecule has 0 aliphatic heterocycles. The highest BCUT2D eigenvalue weighted by molar-refractivity contribution is 7.99. The minimum atomic E-state index is -0.589. The Kier molecular flexibility index (Phi) is 7.39. The van der Waals surface area contributed by atoms with Gasteiger partial charge in [0.05, 0.1) is 16.1 Å². The second-order valence-electron chi connectivity index (χ2n) is 7.87. The van der Waals surface area contributed by atoms with Crippen LogP contribution in [0.25, 0.3) is 5.69 Å². The van der Waals surface area contributed by atoms with Crippen molar-refractivity contribution in [3.63, 3.8) is 0 Å². The summed E-state index contributed by atoms with van der Waals surface area (Å²) < 4.78 is 2.06. The van der Waals surface area contributed by atoms with E-state index in [1.807, 2.05) is 44.2 Å². The Labute approximate surface area is 215 Å². The number of aromatic nitrogens is 2. The van der Waals surface area contributed by atoms with E-state index in [0.717, 1.165) is 38.6 Å². The Hall–Kier alpha value is -4.84. The van der Waals surface area contributed by atoms with Crippen molar-refractivity contribution in [2.75, 3.05) is 0 Å². The van der Waals surface area contributed by atoms with Crippen LogP contribution in [0.2, 0.25) is 0 Å². The van der Waals surface area contributed by atoms with Crippen LogP contribution < -0.4 is 5.43 Å². The lowest BCUT2D eigenvalue weighted by atomic mass is 10.2. The van der Waals surface area contributed by atoms with Crippen molar-refractivity contribution in [2.45, 2.75) is 23.6 Å². The third-order valence-corrected chi connectivity index (χ3v) is 6.43. The van der Waals surface area contributed by atoms with Crippen LogP contribution in [-0.4, -0.2) is 31.5 Å². The summed E-state index contributed by atoms with van der Waals surface area (Å²) in [7, 11) is 0. The van der Waals surface area contributed by atoms with Crippen molar-refractivity contribution in [3.8, 4) is 5.69 Å². The highest BCUT2D eigenvalue weighted by atomic mass is 32.2. The molecule has 1 amide bonds. The minimum Gasteiger partial charge on any atom is -0.318 e. The summed E-state index contributed by atoms with van der Waals surface area (Å²) in [4.78, 5) is 38.4. The van der Waals surface area contributed by atoms with E-state index in [4.69, 9.17) is 0 Å². The van der Waals surface area contributed by atoms with E-state index in [2.05, 4.69) is 20.1 Å². The zero-order valence-electron chi connectivity index (χ0n) is 19.7. The predicted molar refractivity (Wildman–Crippen MR) is 138 cm³/mol. The van der Waals surface area contributed by atoms with Crippen molar-refractivity contribution in [1.82, 2.24) is 15.0 Å². The molecule has 37 heavy (non-hydrogen) atoms. The lowest BCUT2D eigenvalue weighted by molar-refractivity contribution is -0.385. The number of aryl methyl sites for hydroxylation is 1. The lowest BCUT2D eigenvalue weighted by Crippen LogP contribution is -2.19. The van der Waals surface area contributed by atoms with Gasteiger partial charge in [-0.05, 0) is 62.4 Å². The molecule has 4 aromatic rings.